The van der Waals surface area contributed by atoms with Crippen LogP contribution >= 0.6 is 11.3 Å². The standard InChI is InChI=1S/C36H33NS/c1-22(2)25(5)27-15-16-37-33(20-27)31-14-13-30(26-9-7-6-8-10-26)35-32-12-11-28(21-34(32)38-36(31)35)29-18-23(3)17-24(4)19-29/h6-22,25H,1-5H3. The third-order valence-electron chi connectivity index (χ3n) is 7.85. The molecule has 6 rings (SSSR count). The van der Waals surface area contributed by atoms with Crippen molar-refractivity contribution in [2.45, 2.75) is 40.5 Å². The van der Waals surface area contributed by atoms with Gasteiger partial charge < -0.3 is 0 Å². The van der Waals surface area contributed by atoms with E-state index in [1.807, 2.05) is 17.5 Å². The molecule has 2 aromatic heterocycles. The summed E-state index contributed by atoms with van der Waals surface area (Å²) < 4.78 is 2.62. The summed E-state index contributed by atoms with van der Waals surface area (Å²) in [4.78, 5) is 4.87. The molecule has 0 saturated heterocycles. The molecule has 0 aliphatic carbocycles. The maximum absolute atomic E-state index is 4.87. The second-order valence-electron chi connectivity index (χ2n) is 10.9. The average molecular weight is 512 g/mol. The Bertz CT molecular complexity index is 1750. The molecule has 2 heterocycles. The van der Waals surface area contributed by atoms with Crippen molar-refractivity contribution in [1.82, 2.24) is 4.98 Å². The number of rotatable bonds is 5. The Labute approximate surface area is 229 Å². The number of aryl methyl sites for hydroxylation is 2. The zero-order valence-corrected chi connectivity index (χ0v) is 23.6. The molecule has 6 aromatic rings. The first-order valence-corrected chi connectivity index (χ1v) is 14.3. The maximum Gasteiger partial charge on any atom is 0.0719 e. The van der Waals surface area contributed by atoms with E-state index in [4.69, 9.17) is 4.98 Å². The van der Waals surface area contributed by atoms with Crippen molar-refractivity contribution < 1.29 is 0 Å². The van der Waals surface area contributed by atoms with Crippen LogP contribution in [0.15, 0.2) is 97.2 Å². The monoisotopic (exact) mass is 511 g/mol. The second kappa shape index (κ2) is 9.85. The fraction of sp³-hybridized carbons (Fsp3) is 0.194. The fourth-order valence-corrected chi connectivity index (χ4v) is 6.81. The Hall–Kier alpha value is -3.75. The molecule has 0 N–H and O–H groups in total. The average Bonchev–Trinajstić information content (AvgIpc) is 3.31. The number of hydrogen-bond donors (Lipinski definition) is 0. The molecular weight excluding hydrogens is 478 g/mol. The molecule has 0 aliphatic heterocycles. The summed E-state index contributed by atoms with van der Waals surface area (Å²) in [5.74, 6) is 1.07. The van der Waals surface area contributed by atoms with Gasteiger partial charge in [0, 0.05) is 31.9 Å². The van der Waals surface area contributed by atoms with Gasteiger partial charge in [0.1, 0.15) is 0 Å². The number of benzene rings is 4. The van der Waals surface area contributed by atoms with Gasteiger partial charge in [-0.25, -0.2) is 0 Å². The van der Waals surface area contributed by atoms with E-state index in [1.54, 1.807) is 0 Å². The van der Waals surface area contributed by atoms with Crippen LogP contribution in [0.4, 0.5) is 0 Å². The van der Waals surface area contributed by atoms with Gasteiger partial charge in [-0.3, -0.25) is 4.98 Å². The van der Waals surface area contributed by atoms with Gasteiger partial charge in [0.05, 0.1) is 5.69 Å². The van der Waals surface area contributed by atoms with Crippen LogP contribution < -0.4 is 0 Å². The molecule has 0 fully saturated rings. The summed E-state index contributed by atoms with van der Waals surface area (Å²) in [5, 5.41) is 2.63. The highest BCUT2D eigenvalue weighted by Gasteiger charge is 2.18. The highest BCUT2D eigenvalue weighted by Crippen LogP contribution is 2.45. The van der Waals surface area contributed by atoms with E-state index in [9.17, 15) is 0 Å². The number of pyridine rings is 1. The van der Waals surface area contributed by atoms with Crippen molar-refractivity contribution in [3.8, 4) is 33.5 Å². The first kappa shape index (κ1) is 24.6. The molecule has 0 radical (unpaired) electrons. The lowest BCUT2D eigenvalue weighted by atomic mass is 9.89. The third-order valence-corrected chi connectivity index (χ3v) is 9.03. The minimum atomic E-state index is 0.485. The lowest BCUT2D eigenvalue weighted by Crippen LogP contribution is -2.02. The lowest BCUT2D eigenvalue weighted by Gasteiger charge is -2.17. The quantitative estimate of drug-likeness (QED) is 0.224. The Kier molecular flexibility index (Phi) is 6.37. The van der Waals surface area contributed by atoms with Gasteiger partial charge in [-0.15, -0.1) is 11.3 Å². The van der Waals surface area contributed by atoms with E-state index < -0.39 is 0 Å². The normalized spacial score (nSPS) is 12.5. The minimum absolute atomic E-state index is 0.485. The smallest absolute Gasteiger partial charge is 0.0719 e. The van der Waals surface area contributed by atoms with Gasteiger partial charge >= 0.3 is 0 Å². The molecule has 0 saturated carbocycles. The van der Waals surface area contributed by atoms with Crippen molar-refractivity contribution in [2.75, 3.05) is 0 Å². The van der Waals surface area contributed by atoms with E-state index in [0.29, 0.717) is 11.8 Å². The predicted octanol–water partition coefficient (Wildman–Crippen LogP) is 10.8. The number of thiophene rings is 1. The molecule has 0 amide bonds. The van der Waals surface area contributed by atoms with Crippen LogP contribution in [0.25, 0.3) is 53.7 Å². The summed E-state index contributed by atoms with van der Waals surface area (Å²) in [6, 6.07) is 33.6. The SMILES string of the molecule is Cc1cc(C)cc(-c2ccc3c(c2)sc2c(-c4cc(C(C)C(C)C)ccn4)ccc(-c4ccccc4)c23)c1. The summed E-state index contributed by atoms with van der Waals surface area (Å²) in [7, 11) is 0. The Balaban J connectivity index is 1.61. The molecule has 1 unspecified atom stereocenters. The molecule has 4 aromatic carbocycles. The third kappa shape index (κ3) is 4.44. The molecule has 1 nitrogen and oxygen atoms in total. The van der Waals surface area contributed by atoms with Crippen molar-refractivity contribution in [3.05, 3.63) is 114 Å². The van der Waals surface area contributed by atoms with Crippen molar-refractivity contribution in [1.29, 1.82) is 0 Å². The minimum Gasteiger partial charge on any atom is -0.256 e. The number of hydrogen-bond acceptors (Lipinski definition) is 2. The van der Waals surface area contributed by atoms with Crippen LogP contribution in [-0.4, -0.2) is 4.98 Å². The van der Waals surface area contributed by atoms with Crippen LogP contribution in [0.3, 0.4) is 0 Å². The highest BCUT2D eigenvalue weighted by atomic mass is 32.1. The van der Waals surface area contributed by atoms with Gasteiger partial charge in [-0.1, -0.05) is 105 Å². The number of aromatic nitrogens is 1. The van der Waals surface area contributed by atoms with E-state index in [1.165, 1.54) is 64.7 Å². The second-order valence-corrected chi connectivity index (χ2v) is 12.0. The van der Waals surface area contributed by atoms with Crippen molar-refractivity contribution in [3.63, 3.8) is 0 Å². The molecular formula is C36H33NS. The Morgan fingerprint density at radius 2 is 1.39 bits per heavy atom. The van der Waals surface area contributed by atoms with E-state index in [2.05, 4.69) is 126 Å². The van der Waals surface area contributed by atoms with Crippen molar-refractivity contribution in [2.24, 2.45) is 5.92 Å². The van der Waals surface area contributed by atoms with Crippen LogP contribution in [0.5, 0.6) is 0 Å². The number of nitrogens with zero attached hydrogens (tertiary/aromatic N) is 1. The van der Waals surface area contributed by atoms with Crippen LogP contribution in [0.2, 0.25) is 0 Å². The summed E-state index contributed by atoms with van der Waals surface area (Å²) in [6.07, 6.45) is 1.98. The van der Waals surface area contributed by atoms with Gasteiger partial charge in [0.25, 0.3) is 0 Å². The topological polar surface area (TPSA) is 12.9 Å². The van der Waals surface area contributed by atoms with Crippen LogP contribution in [0, 0.1) is 19.8 Å². The molecule has 0 bridgehead atoms. The highest BCUT2D eigenvalue weighted by molar-refractivity contribution is 7.26. The van der Waals surface area contributed by atoms with E-state index >= 15 is 0 Å². The molecule has 0 spiro atoms. The largest absolute Gasteiger partial charge is 0.256 e. The predicted molar refractivity (Wildman–Crippen MR) is 166 cm³/mol. The van der Waals surface area contributed by atoms with Gasteiger partial charge in [-0.05, 0) is 71.7 Å². The van der Waals surface area contributed by atoms with E-state index in [-0.39, 0.29) is 0 Å². The fourth-order valence-electron chi connectivity index (χ4n) is 5.52. The van der Waals surface area contributed by atoms with Crippen LogP contribution in [0.1, 0.15) is 43.4 Å². The zero-order valence-electron chi connectivity index (χ0n) is 22.7. The summed E-state index contributed by atoms with van der Waals surface area (Å²) >= 11 is 1.89. The zero-order chi connectivity index (χ0) is 26.4. The molecule has 188 valence electrons. The summed E-state index contributed by atoms with van der Waals surface area (Å²) in [6.45, 7) is 11.2. The van der Waals surface area contributed by atoms with Gasteiger partial charge in [-0.2, -0.15) is 0 Å². The molecule has 0 aliphatic rings. The molecule has 1 atom stereocenters. The molecule has 38 heavy (non-hydrogen) atoms. The number of fused-ring (bicyclic) bond motifs is 3. The van der Waals surface area contributed by atoms with Crippen LogP contribution in [-0.2, 0) is 0 Å². The maximum atomic E-state index is 4.87. The van der Waals surface area contributed by atoms with Crippen molar-refractivity contribution >= 4 is 31.5 Å². The molecule has 2 heteroatoms. The van der Waals surface area contributed by atoms with Gasteiger partial charge in [0.2, 0.25) is 0 Å². The summed E-state index contributed by atoms with van der Waals surface area (Å²) in [5.41, 5.74) is 11.3. The van der Waals surface area contributed by atoms with Gasteiger partial charge in [0.15, 0.2) is 0 Å². The Morgan fingerprint density at radius 1 is 0.658 bits per heavy atom. The first-order chi connectivity index (χ1) is 18.4. The van der Waals surface area contributed by atoms with E-state index in [0.717, 1.165) is 5.69 Å². The first-order valence-electron chi connectivity index (χ1n) is 13.5. The lowest BCUT2D eigenvalue weighted by molar-refractivity contribution is 0.535. The Morgan fingerprint density at radius 3 is 2.13 bits per heavy atom.